The van der Waals surface area contributed by atoms with Crippen LogP contribution in [-0.4, -0.2) is 44.8 Å². The zero-order valence-electron chi connectivity index (χ0n) is 20.4. The molecule has 0 aliphatic heterocycles. The molecule has 5 rings (SSSR count). The van der Waals surface area contributed by atoms with Crippen molar-refractivity contribution in [3.63, 3.8) is 0 Å². The summed E-state index contributed by atoms with van der Waals surface area (Å²) in [6.07, 6.45) is 10.9. The number of amides is 1. The van der Waals surface area contributed by atoms with E-state index in [-0.39, 0.29) is 17.8 Å². The summed E-state index contributed by atoms with van der Waals surface area (Å²) in [5, 5.41) is 3.81. The molecule has 184 valence electrons. The lowest BCUT2D eigenvalue weighted by atomic mass is 9.91. The normalized spacial score (nSPS) is 18.8. The van der Waals surface area contributed by atoms with Gasteiger partial charge in [0.25, 0.3) is 0 Å². The van der Waals surface area contributed by atoms with Crippen molar-refractivity contribution < 1.29 is 4.79 Å². The number of imidazole rings is 1. The third-order valence-corrected chi connectivity index (χ3v) is 7.12. The summed E-state index contributed by atoms with van der Waals surface area (Å²) in [5.41, 5.74) is 11.7. The van der Waals surface area contributed by atoms with E-state index in [1.165, 1.54) is 6.20 Å². The number of rotatable bonds is 6. The van der Waals surface area contributed by atoms with Gasteiger partial charge in [-0.2, -0.15) is 0 Å². The van der Waals surface area contributed by atoms with Gasteiger partial charge in [0.2, 0.25) is 6.41 Å². The number of aliphatic imine (C=N–C) groups is 1. The van der Waals surface area contributed by atoms with Gasteiger partial charge in [-0.3, -0.25) is 28.9 Å². The van der Waals surface area contributed by atoms with Gasteiger partial charge in [-0.15, -0.1) is 0 Å². The molecular weight excluding hydrogens is 454 g/mol. The first kappa shape index (κ1) is 23.5. The van der Waals surface area contributed by atoms with Crippen LogP contribution in [0.2, 0.25) is 0 Å². The fourth-order valence-corrected chi connectivity index (χ4v) is 5.21. The number of carbonyl (C=O) groups is 1. The molecule has 0 atom stereocenters. The zero-order valence-corrected chi connectivity index (χ0v) is 20.4. The molecule has 0 saturated heterocycles. The van der Waals surface area contributed by atoms with Crippen LogP contribution >= 0.6 is 0 Å². The number of aryl methyl sites for hydroxylation is 1. The highest BCUT2D eigenvalue weighted by molar-refractivity contribution is 6.09. The van der Waals surface area contributed by atoms with Gasteiger partial charge in [0.1, 0.15) is 0 Å². The molecule has 0 unspecified atom stereocenters. The third-order valence-electron chi connectivity index (χ3n) is 7.12. The lowest BCUT2D eigenvalue weighted by Crippen LogP contribution is -2.35. The van der Waals surface area contributed by atoms with E-state index in [1.54, 1.807) is 31.1 Å². The number of aromatic nitrogens is 4. The predicted molar refractivity (Wildman–Crippen MR) is 143 cm³/mol. The summed E-state index contributed by atoms with van der Waals surface area (Å²) < 4.78 is 3.61. The average Bonchev–Trinajstić information content (AvgIpc) is 3.18. The number of hydrogen-bond acceptors (Lipinski definition) is 6. The molecule has 1 aliphatic rings. The van der Waals surface area contributed by atoms with Crippen molar-refractivity contribution in [1.82, 2.24) is 24.4 Å². The molecule has 3 N–H and O–H groups in total. The van der Waals surface area contributed by atoms with Crippen LogP contribution in [0.25, 0.3) is 38.6 Å². The number of fused-ring (bicyclic) bond motifs is 3. The van der Waals surface area contributed by atoms with Crippen LogP contribution in [0.15, 0.2) is 58.7 Å². The first-order valence-electron chi connectivity index (χ1n) is 12.1. The Labute approximate surface area is 208 Å². The highest BCUT2D eigenvalue weighted by atomic mass is 16.1. The van der Waals surface area contributed by atoms with Crippen LogP contribution in [0.1, 0.15) is 37.4 Å². The number of carbonyl (C=O) groups excluding carboxylic acids is 1. The van der Waals surface area contributed by atoms with E-state index in [9.17, 15) is 9.59 Å². The van der Waals surface area contributed by atoms with E-state index in [4.69, 9.17) is 5.73 Å². The average molecular weight is 484 g/mol. The van der Waals surface area contributed by atoms with Gasteiger partial charge in [-0.05, 0) is 49.4 Å². The maximum Gasteiger partial charge on any atom is 0.329 e. The Morgan fingerprint density at radius 1 is 1.11 bits per heavy atom. The maximum absolute atomic E-state index is 13.4. The highest BCUT2D eigenvalue weighted by Gasteiger charge is 2.26. The molecule has 1 aliphatic carbocycles. The number of nitrogens with one attached hydrogen (secondary N) is 1. The number of benzene rings is 1. The lowest BCUT2D eigenvalue weighted by molar-refractivity contribution is -0.110. The van der Waals surface area contributed by atoms with Crippen molar-refractivity contribution in [1.29, 1.82) is 0 Å². The molecule has 36 heavy (non-hydrogen) atoms. The number of nitrogens with zero attached hydrogens (tertiary/aromatic N) is 5. The summed E-state index contributed by atoms with van der Waals surface area (Å²) in [6, 6.07) is 10.3. The Morgan fingerprint density at radius 2 is 1.89 bits per heavy atom. The fraction of sp³-hybridized carbons (Fsp3) is 0.296. The lowest BCUT2D eigenvalue weighted by Gasteiger charge is -2.29. The Bertz CT molecular complexity index is 1540. The Morgan fingerprint density at radius 3 is 2.56 bits per heavy atom. The summed E-state index contributed by atoms with van der Waals surface area (Å²) in [4.78, 5) is 37.5. The molecule has 1 aromatic carbocycles. The summed E-state index contributed by atoms with van der Waals surface area (Å²) >= 11 is 0. The molecule has 1 saturated carbocycles. The van der Waals surface area contributed by atoms with Gasteiger partial charge in [-0.25, -0.2) is 4.79 Å². The molecule has 1 fully saturated rings. The van der Waals surface area contributed by atoms with E-state index < -0.39 is 0 Å². The maximum atomic E-state index is 13.4. The second kappa shape index (κ2) is 9.77. The van der Waals surface area contributed by atoms with Crippen LogP contribution in [-0.2, 0) is 11.8 Å². The SMILES string of the molecule is CN=CC(=CN)c1ccc(-c2ccc3ncc4c(c3c2)n(C2CCC(NC=O)CC2)c(=O)n4C)cn1. The van der Waals surface area contributed by atoms with Gasteiger partial charge in [0, 0.05) is 61.3 Å². The quantitative estimate of drug-likeness (QED) is 0.322. The van der Waals surface area contributed by atoms with Gasteiger partial charge < -0.3 is 11.1 Å². The first-order chi connectivity index (χ1) is 17.5. The topological polar surface area (TPSA) is 120 Å². The fourth-order valence-electron chi connectivity index (χ4n) is 5.21. The summed E-state index contributed by atoms with van der Waals surface area (Å²) in [5.74, 6) is 0. The molecule has 9 heteroatoms. The first-order valence-corrected chi connectivity index (χ1v) is 12.1. The number of hydrogen-bond donors (Lipinski definition) is 2. The van der Waals surface area contributed by atoms with Crippen LogP contribution in [0.4, 0.5) is 0 Å². The molecule has 0 spiro atoms. The standard InChI is InChI=1S/C27H29N7O2/c1-29-13-19(12-28)23-9-4-18(14-30-23)17-3-10-24-22(11-17)26-25(15-31-24)33(2)27(36)34(26)21-7-5-20(6-8-21)32-16-35/h3-4,9-16,20-21H,5-8,28H2,1-2H3,(H,32,35). The monoisotopic (exact) mass is 483 g/mol. The van der Waals surface area contributed by atoms with Crippen molar-refractivity contribution in [3.8, 4) is 11.1 Å². The van der Waals surface area contributed by atoms with E-state index >= 15 is 0 Å². The summed E-state index contributed by atoms with van der Waals surface area (Å²) in [6.45, 7) is 0. The molecule has 3 aromatic heterocycles. The Kier molecular flexibility index (Phi) is 6.37. The minimum atomic E-state index is -0.0405. The van der Waals surface area contributed by atoms with Gasteiger partial charge in [-0.1, -0.05) is 12.1 Å². The second-order valence-corrected chi connectivity index (χ2v) is 9.17. The van der Waals surface area contributed by atoms with Crippen molar-refractivity contribution in [2.45, 2.75) is 37.8 Å². The number of nitrogens with two attached hydrogens (primary N) is 1. The van der Waals surface area contributed by atoms with Gasteiger partial charge in [0.15, 0.2) is 0 Å². The molecule has 3 heterocycles. The minimum Gasteiger partial charge on any atom is -0.404 e. The largest absolute Gasteiger partial charge is 0.404 e. The van der Waals surface area contributed by atoms with Crippen molar-refractivity contribution in [2.24, 2.45) is 17.8 Å². The van der Waals surface area contributed by atoms with Crippen molar-refractivity contribution >= 4 is 40.1 Å². The predicted octanol–water partition coefficient (Wildman–Crippen LogP) is 3.18. The summed E-state index contributed by atoms with van der Waals surface area (Å²) in [7, 11) is 3.49. The second-order valence-electron chi connectivity index (χ2n) is 9.17. The number of pyridine rings is 2. The molecule has 0 bridgehead atoms. The van der Waals surface area contributed by atoms with Crippen molar-refractivity contribution in [3.05, 3.63) is 65.1 Å². The third kappa shape index (κ3) is 4.06. The Balaban J connectivity index is 1.60. The van der Waals surface area contributed by atoms with E-state index in [0.717, 1.165) is 76.4 Å². The Hall–Kier alpha value is -4.27. The molecule has 0 radical (unpaired) electrons. The van der Waals surface area contributed by atoms with Crippen LogP contribution in [0, 0.1) is 0 Å². The van der Waals surface area contributed by atoms with Crippen LogP contribution < -0.4 is 16.7 Å². The van der Waals surface area contributed by atoms with Gasteiger partial charge in [0.05, 0.1) is 28.4 Å². The van der Waals surface area contributed by atoms with E-state index in [2.05, 4.69) is 26.3 Å². The van der Waals surface area contributed by atoms with E-state index in [0.29, 0.717) is 0 Å². The van der Waals surface area contributed by atoms with Crippen LogP contribution in [0.3, 0.4) is 0 Å². The highest BCUT2D eigenvalue weighted by Crippen LogP contribution is 2.34. The zero-order chi connectivity index (χ0) is 25.2. The minimum absolute atomic E-state index is 0.0405. The molecule has 4 aromatic rings. The van der Waals surface area contributed by atoms with Crippen molar-refractivity contribution in [2.75, 3.05) is 7.05 Å². The van der Waals surface area contributed by atoms with Gasteiger partial charge >= 0.3 is 5.69 Å². The number of allylic oxidation sites excluding steroid dienone is 1. The molecule has 1 amide bonds. The van der Waals surface area contributed by atoms with E-state index in [1.807, 2.05) is 35.0 Å². The van der Waals surface area contributed by atoms with Crippen LogP contribution in [0.5, 0.6) is 0 Å². The molecular formula is C27H29N7O2. The smallest absolute Gasteiger partial charge is 0.329 e. The molecule has 9 nitrogen and oxygen atoms in total.